The third-order valence-corrected chi connectivity index (χ3v) is 2.76. The first-order valence-corrected chi connectivity index (χ1v) is 6.08. The first-order chi connectivity index (χ1) is 8.68. The van der Waals surface area contributed by atoms with Crippen molar-refractivity contribution in [2.24, 2.45) is 12.8 Å². The average molecular weight is 245 g/mol. The van der Waals surface area contributed by atoms with E-state index in [4.69, 9.17) is 10.5 Å². The molecule has 0 saturated heterocycles. The fourth-order valence-electron chi connectivity index (χ4n) is 1.87. The van der Waals surface area contributed by atoms with Gasteiger partial charge < -0.3 is 10.5 Å². The Balaban J connectivity index is 2.26. The molecule has 0 spiro atoms. The molecule has 18 heavy (non-hydrogen) atoms. The van der Waals surface area contributed by atoms with Crippen LogP contribution in [0.2, 0.25) is 0 Å². The summed E-state index contributed by atoms with van der Waals surface area (Å²) in [5, 5.41) is 4.20. The third-order valence-electron chi connectivity index (χ3n) is 2.76. The van der Waals surface area contributed by atoms with Gasteiger partial charge in [0.05, 0.1) is 12.3 Å². The molecular weight excluding hydrogens is 226 g/mol. The van der Waals surface area contributed by atoms with E-state index in [0.29, 0.717) is 6.61 Å². The van der Waals surface area contributed by atoms with Gasteiger partial charge in [-0.25, -0.2) is 0 Å². The van der Waals surface area contributed by atoms with Crippen LogP contribution in [0.15, 0.2) is 42.6 Å². The minimum absolute atomic E-state index is 0.0180. The van der Waals surface area contributed by atoms with Crippen LogP contribution in [0.5, 0.6) is 0 Å². The van der Waals surface area contributed by atoms with Gasteiger partial charge in [-0.2, -0.15) is 5.10 Å². The number of hydrogen-bond acceptors (Lipinski definition) is 3. The fourth-order valence-corrected chi connectivity index (χ4v) is 1.87. The predicted octanol–water partition coefficient (Wildman–Crippen LogP) is 1.87. The monoisotopic (exact) mass is 245 g/mol. The third kappa shape index (κ3) is 2.97. The Morgan fingerprint density at radius 1 is 1.28 bits per heavy atom. The predicted molar refractivity (Wildman–Crippen MR) is 71.1 cm³/mol. The van der Waals surface area contributed by atoms with Crippen LogP contribution in [0.3, 0.4) is 0 Å². The normalized spacial score (nSPS) is 14.4. The summed E-state index contributed by atoms with van der Waals surface area (Å²) in [7, 11) is 1.92. The highest BCUT2D eigenvalue weighted by molar-refractivity contribution is 5.25. The maximum Gasteiger partial charge on any atom is 0.124 e. The van der Waals surface area contributed by atoms with E-state index in [2.05, 4.69) is 17.2 Å². The molecule has 0 aliphatic rings. The number of hydrogen-bond donors (Lipinski definition) is 1. The molecule has 0 amide bonds. The highest BCUT2D eigenvalue weighted by Crippen LogP contribution is 2.25. The zero-order valence-corrected chi connectivity index (χ0v) is 10.8. The Kier molecular flexibility index (Phi) is 4.12. The molecule has 0 saturated carbocycles. The van der Waals surface area contributed by atoms with Crippen LogP contribution < -0.4 is 5.73 Å². The summed E-state index contributed by atoms with van der Waals surface area (Å²) in [5.74, 6) is 0. The summed E-state index contributed by atoms with van der Waals surface area (Å²) in [5.41, 5.74) is 7.91. The molecule has 96 valence electrons. The second-order valence-electron chi connectivity index (χ2n) is 4.48. The molecule has 2 unspecified atom stereocenters. The van der Waals surface area contributed by atoms with Gasteiger partial charge in [0.1, 0.15) is 6.10 Å². The minimum atomic E-state index is -0.121. The Labute approximate surface area is 107 Å². The molecule has 0 radical (unpaired) electrons. The van der Waals surface area contributed by atoms with Crippen molar-refractivity contribution in [2.45, 2.75) is 19.1 Å². The van der Waals surface area contributed by atoms with Crippen molar-refractivity contribution in [3.8, 4) is 0 Å². The second-order valence-corrected chi connectivity index (χ2v) is 4.48. The lowest BCUT2D eigenvalue weighted by Crippen LogP contribution is -2.24. The molecule has 2 atom stereocenters. The van der Waals surface area contributed by atoms with Crippen LogP contribution in [0.1, 0.15) is 24.3 Å². The zero-order chi connectivity index (χ0) is 13.0. The van der Waals surface area contributed by atoms with E-state index in [-0.39, 0.29) is 12.1 Å². The van der Waals surface area contributed by atoms with Gasteiger partial charge >= 0.3 is 0 Å². The number of nitrogens with two attached hydrogens (primary N) is 1. The summed E-state index contributed by atoms with van der Waals surface area (Å²) in [6, 6.07) is 12.1. The standard InChI is InChI=1S/C14H19N3O/c1-11(15)10-18-14(12-6-4-3-5-7-12)13-8-9-16-17(13)2/h3-9,11,14H,10,15H2,1-2H3. The quantitative estimate of drug-likeness (QED) is 0.875. The topological polar surface area (TPSA) is 53.1 Å². The van der Waals surface area contributed by atoms with Gasteiger partial charge in [0.2, 0.25) is 0 Å². The highest BCUT2D eigenvalue weighted by Gasteiger charge is 2.18. The molecule has 2 rings (SSSR count). The first kappa shape index (κ1) is 12.8. The van der Waals surface area contributed by atoms with E-state index in [1.807, 2.05) is 42.9 Å². The largest absolute Gasteiger partial charge is 0.366 e. The van der Waals surface area contributed by atoms with Gasteiger partial charge in [-0.1, -0.05) is 30.3 Å². The maximum absolute atomic E-state index is 5.93. The Morgan fingerprint density at radius 3 is 2.56 bits per heavy atom. The summed E-state index contributed by atoms with van der Waals surface area (Å²) in [6.45, 7) is 2.45. The summed E-state index contributed by atoms with van der Waals surface area (Å²) in [4.78, 5) is 0. The SMILES string of the molecule is CC(N)COC(c1ccccc1)c1ccnn1C. The molecule has 0 aliphatic carbocycles. The molecule has 4 nitrogen and oxygen atoms in total. The van der Waals surface area contributed by atoms with Crippen molar-refractivity contribution in [3.05, 3.63) is 53.9 Å². The van der Waals surface area contributed by atoms with Crippen LogP contribution in [-0.4, -0.2) is 22.4 Å². The Morgan fingerprint density at radius 2 is 2.00 bits per heavy atom. The van der Waals surface area contributed by atoms with E-state index < -0.39 is 0 Å². The molecular formula is C14H19N3O. The summed E-state index contributed by atoms with van der Waals surface area (Å²) in [6.07, 6.45) is 1.66. The lowest BCUT2D eigenvalue weighted by Gasteiger charge is -2.20. The summed E-state index contributed by atoms with van der Waals surface area (Å²) < 4.78 is 7.76. The van der Waals surface area contributed by atoms with Crippen LogP contribution in [0.4, 0.5) is 0 Å². The van der Waals surface area contributed by atoms with Crippen LogP contribution in [0, 0.1) is 0 Å². The maximum atomic E-state index is 5.93. The van der Waals surface area contributed by atoms with E-state index in [0.717, 1.165) is 11.3 Å². The van der Waals surface area contributed by atoms with E-state index >= 15 is 0 Å². The Bertz CT molecular complexity index is 479. The first-order valence-electron chi connectivity index (χ1n) is 6.08. The lowest BCUT2D eigenvalue weighted by molar-refractivity contribution is 0.0672. The van der Waals surface area contributed by atoms with Gasteiger partial charge in [0.15, 0.2) is 0 Å². The number of nitrogens with zero attached hydrogens (tertiary/aromatic N) is 2. The molecule has 0 fully saturated rings. The molecule has 0 aliphatic heterocycles. The second kappa shape index (κ2) is 5.80. The van der Waals surface area contributed by atoms with Crippen LogP contribution in [-0.2, 0) is 11.8 Å². The highest BCUT2D eigenvalue weighted by atomic mass is 16.5. The lowest BCUT2D eigenvalue weighted by atomic mass is 10.1. The van der Waals surface area contributed by atoms with Crippen molar-refractivity contribution in [1.82, 2.24) is 9.78 Å². The molecule has 0 bridgehead atoms. The van der Waals surface area contributed by atoms with Gasteiger partial charge in [-0.3, -0.25) is 4.68 Å². The Hall–Kier alpha value is -1.65. The average Bonchev–Trinajstić information content (AvgIpc) is 2.77. The molecule has 1 aromatic carbocycles. The smallest absolute Gasteiger partial charge is 0.124 e. The number of rotatable bonds is 5. The van der Waals surface area contributed by atoms with Crippen LogP contribution in [0.25, 0.3) is 0 Å². The molecule has 1 aromatic heterocycles. The van der Waals surface area contributed by atoms with Gasteiger partial charge in [0, 0.05) is 19.3 Å². The van der Waals surface area contributed by atoms with Crippen molar-refractivity contribution in [1.29, 1.82) is 0 Å². The van der Waals surface area contributed by atoms with Crippen LogP contribution >= 0.6 is 0 Å². The van der Waals surface area contributed by atoms with E-state index in [1.165, 1.54) is 0 Å². The van der Waals surface area contributed by atoms with Gasteiger partial charge in [0.25, 0.3) is 0 Å². The van der Waals surface area contributed by atoms with Crippen molar-refractivity contribution in [2.75, 3.05) is 6.61 Å². The fraction of sp³-hybridized carbons (Fsp3) is 0.357. The number of aromatic nitrogens is 2. The van der Waals surface area contributed by atoms with E-state index in [1.54, 1.807) is 6.20 Å². The van der Waals surface area contributed by atoms with Crippen molar-refractivity contribution < 1.29 is 4.74 Å². The molecule has 2 aromatic rings. The minimum Gasteiger partial charge on any atom is -0.366 e. The van der Waals surface area contributed by atoms with Crippen molar-refractivity contribution >= 4 is 0 Å². The van der Waals surface area contributed by atoms with Crippen molar-refractivity contribution in [3.63, 3.8) is 0 Å². The van der Waals surface area contributed by atoms with E-state index in [9.17, 15) is 0 Å². The zero-order valence-electron chi connectivity index (χ0n) is 10.8. The molecule has 2 N–H and O–H groups in total. The molecule has 4 heteroatoms. The summed E-state index contributed by atoms with van der Waals surface area (Å²) >= 11 is 0. The number of aryl methyl sites for hydroxylation is 1. The van der Waals surface area contributed by atoms with Gasteiger partial charge in [-0.15, -0.1) is 0 Å². The number of ether oxygens (including phenoxy) is 1. The van der Waals surface area contributed by atoms with Gasteiger partial charge in [-0.05, 0) is 18.6 Å². The number of benzene rings is 1. The molecule has 1 heterocycles.